The standard InChI is InChI=1S/C21H25F2N5/c1-3-16-17(12-24)21(27-26-20(16)4-2)25-15-7-9-28(10-8-15)13-14-5-6-18(22)19(23)11-14/h5-6,11,15H,3-4,7-10,13H2,1-2H3,(H,25,27). The molecule has 0 unspecified atom stereocenters. The van der Waals surface area contributed by atoms with Crippen LogP contribution >= 0.6 is 0 Å². The van der Waals surface area contributed by atoms with Gasteiger partial charge in [-0.3, -0.25) is 4.90 Å². The van der Waals surface area contributed by atoms with Gasteiger partial charge in [0.25, 0.3) is 0 Å². The molecule has 0 bridgehead atoms. The minimum Gasteiger partial charge on any atom is -0.365 e. The number of benzene rings is 1. The van der Waals surface area contributed by atoms with Gasteiger partial charge < -0.3 is 5.32 Å². The third kappa shape index (κ3) is 4.45. The smallest absolute Gasteiger partial charge is 0.167 e. The number of halogens is 2. The van der Waals surface area contributed by atoms with Crippen LogP contribution in [0.2, 0.25) is 0 Å². The van der Waals surface area contributed by atoms with Gasteiger partial charge in [0, 0.05) is 25.7 Å². The molecule has 1 aromatic heterocycles. The van der Waals surface area contributed by atoms with Crippen LogP contribution in [0.3, 0.4) is 0 Å². The van der Waals surface area contributed by atoms with Crippen LogP contribution in [0, 0.1) is 23.0 Å². The Morgan fingerprint density at radius 2 is 1.89 bits per heavy atom. The van der Waals surface area contributed by atoms with Crippen LogP contribution in [0.15, 0.2) is 18.2 Å². The van der Waals surface area contributed by atoms with E-state index in [-0.39, 0.29) is 6.04 Å². The Morgan fingerprint density at radius 3 is 2.50 bits per heavy atom. The summed E-state index contributed by atoms with van der Waals surface area (Å²) in [5.41, 5.74) is 3.22. The third-order valence-electron chi connectivity index (χ3n) is 5.28. The minimum absolute atomic E-state index is 0.208. The van der Waals surface area contributed by atoms with Crippen molar-refractivity contribution >= 4 is 5.82 Å². The number of likely N-dealkylation sites (tertiary alicyclic amines) is 1. The summed E-state index contributed by atoms with van der Waals surface area (Å²) in [5, 5.41) is 21.5. The van der Waals surface area contributed by atoms with E-state index in [1.54, 1.807) is 6.07 Å². The van der Waals surface area contributed by atoms with Gasteiger partial charge in [0.05, 0.1) is 5.69 Å². The molecule has 2 aromatic rings. The minimum atomic E-state index is -0.818. The van der Waals surface area contributed by atoms with Crippen LogP contribution in [-0.4, -0.2) is 34.2 Å². The van der Waals surface area contributed by atoms with E-state index in [1.807, 2.05) is 13.8 Å². The normalized spacial score (nSPS) is 15.4. The highest BCUT2D eigenvalue weighted by Crippen LogP contribution is 2.23. The number of nitrogens with zero attached hydrogens (tertiary/aromatic N) is 4. The highest BCUT2D eigenvalue weighted by molar-refractivity contribution is 5.57. The van der Waals surface area contributed by atoms with Crippen molar-refractivity contribution in [3.05, 3.63) is 52.2 Å². The quantitative estimate of drug-likeness (QED) is 0.819. The lowest BCUT2D eigenvalue weighted by Crippen LogP contribution is -2.39. The lowest BCUT2D eigenvalue weighted by molar-refractivity contribution is 0.211. The lowest BCUT2D eigenvalue weighted by Gasteiger charge is -2.32. The van der Waals surface area contributed by atoms with Gasteiger partial charge in [-0.2, -0.15) is 10.4 Å². The number of aromatic nitrogens is 2. The van der Waals surface area contributed by atoms with Crippen molar-refractivity contribution in [2.24, 2.45) is 0 Å². The van der Waals surface area contributed by atoms with E-state index in [1.165, 1.54) is 12.1 Å². The van der Waals surface area contributed by atoms with Gasteiger partial charge in [0.2, 0.25) is 0 Å². The maximum atomic E-state index is 13.4. The molecule has 1 fully saturated rings. The molecule has 0 aliphatic carbocycles. The summed E-state index contributed by atoms with van der Waals surface area (Å²) in [7, 11) is 0. The lowest BCUT2D eigenvalue weighted by atomic mass is 10.0. The number of rotatable bonds is 6. The Bertz CT molecular complexity index is 870. The van der Waals surface area contributed by atoms with E-state index in [9.17, 15) is 14.0 Å². The average Bonchev–Trinajstić information content (AvgIpc) is 2.71. The number of piperidine rings is 1. The highest BCUT2D eigenvalue weighted by Gasteiger charge is 2.22. The fraction of sp³-hybridized carbons (Fsp3) is 0.476. The first kappa shape index (κ1) is 20.2. The van der Waals surface area contributed by atoms with E-state index < -0.39 is 11.6 Å². The molecule has 0 spiro atoms. The molecule has 0 atom stereocenters. The summed E-state index contributed by atoms with van der Waals surface area (Å²) in [6.45, 7) is 6.30. The maximum absolute atomic E-state index is 13.4. The van der Waals surface area contributed by atoms with E-state index >= 15 is 0 Å². The molecule has 1 N–H and O–H groups in total. The first-order valence-electron chi connectivity index (χ1n) is 9.77. The summed E-state index contributed by atoms with van der Waals surface area (Å²) < 4.78 is 26.5. The second-order valence-electron chi connectivity index (χ2n) is 7.11. The monoisotopic (exact) mass is 385 g/mol. The number of hydrogen-bond acceptors (Lipinski definition) is 5. The molecule has 7 heteroatoms. The summed E-state index contributed by atoms with van der Waals surface area (Å²) in [6, 6.07) is 6.55. The zero-order chi connectivity index (χ0) is 20.1. The van der Waals surface area contributed by atoms with E-state index in [2.05, 4.69) is 26.5 Å². The SMILES string of the molecule is CCc1nnc(NC2CCN(Cc3ccc(F)c(F)c3)CC2)c(C#N)c1CC. The van der Waals surface area contributed by atoms with Crippen molar-refractivity contribution in [1.29, 1.82) is 5.26 Å². The van der Waals surface area contributed by atoms with Gasteiger partial charge in [-0.1, -0.05) is 19.9 Å². The van der Waals surface area contributed by atoms with E-state index in [4.69, 9.17) is 0 Å². The number of nitriles is 1. The first-order chi connectivity index (χ1) is 13.5. The molecule has 1 saturated heterocycles. The van der Waals surface area contributed by atoms with E-state index in [0.717, 1.165) is 55.6 Å². The van der Waals surface area contributed by atoms with Gasteiger partial charge in [0.1, 0.15) is 11.6 Å². The number of nitrogens with one attached hydrogen (secondary N) is 1. The first-order valence-corrected chi connectivity index (χ1v) is 9.77. The Labute approximate surface area is 164 Å². The molecule has 0 saturated carbocycles. The molecule has 0 radical (unpaired) electrons. The van der Waals surface area contributed by atoms with Crippen molar-refractivity contribution in [2.75, 3.05) is 18.4 Å². The topological polar surface area (TPSA) is 64.8 Å². The summed E-state index contributed by atoms with van der Waals surface area (Å²) in [4.78, 5) is 2.22. The van der Waals surface area contributed by atoms with Crippen molar-refractivity contribution in [2.45, 2.75) is 52.1 Å². The molecule has 28 heavy (non-hydrogen) atoms. The van der Waals surface area contributed by atoms with Crippen LogP contribution in [0.4, 0.5) is 14.6 Å². The molecule has 2 heterocycles. The van der Waals surface area contributed by atoms with Crippen molar-refractivity contribution in [3.63, 3.8) is 0 Å². The van der Waals surface area contributed by atoms with E-state index in [0.29, 0.717) is 17.9 Å². The zero-order valence-corrected chi connectivity index (χ0v) is 16.3. The molecule has 1 aliphatic heterocycles. The molecule has 0 amide bonds. The second-order valence-corrected chi connectivity index (χ2v) is 7.11. The van der Waals surface area contributed by atoms with Gasteiger partial charge in [-0.25, -0.2) is 8.78 Å². The zero-order valence-electron chi connectivity index (χ0n) is 16.3. The molecule has 1 aliphatic rings. The molecule has 3 rings (SSSR count). The summed E-state index contributed by atoms with van der Waals surface area (Å²) in [5.74, 6) is -1.06. The Morgan fingerprint density at radius 1 is 1.14 bits per heavy atom. The van der Waals surface area contributed by atoms with Gasteiger partial charge in [-0.15, -0.1) is 5.10 Å². The number of hydrogen-bond donors (Lipinski definition) is 1. The third-order valence-corrected chi connectivity index (χ3v) is 5.28. The summed E-state index contributed by atoms with van der Waals surface area (Å²) in [6.07, 6.45) is 3.27. The predicted octanol–water partition coefficient (Wildman–Crippen LogP) is 3.83. The molecule has 148 valence electrons. The second kappa shape index (κ2) is 9.07. The van der Waals surface area contributed by atoms with Crippen LogP contribution < -0.4 is 5.32 Å². The summed E-state index contributed by atoms with van der Waals surface area (Å²) >= 11 is 0. The molecule has 1 aromatic carbocycles. The van der Waals surface area contributed by atoms with Crippen LogP contribution in [0.5, 0.6) is 0 Å². The highest BCUT2D eigenvalue weighted by atomic mass is 19.2. The Balaban J connectivity index is 1.61. The van der Waals surface area contributed by atoms with Crippen molar-refractivity contribution < 1.29 is 8.78 Å². The Hall–Kier alpha value is -2.59. The molecule has 5 nitrogen and oxygen atoms in total. The van der Waals surface area contributed by atoms with Crippen molar-refractivity contribution in [3.8, 4) is 6.07 Å². The van der Waals surface area contributed by atoms with Gasteiger partial charge >= 0.3 is 0 Å². The fourth-order valence-electron chi connectivity index (χ4n) is 3.72. The number of anilines is 1. The predicted molar refractivity (Wildman–Crippen MR) is 104 cm³/mol. The molecular formula is C21H25F2N5. The van der Waals surface area contributed by atoms with Gasteiger partial charge in [-0.05, 0) is 48.9 Å². The Kier molecular flexibility index (Phi) is 6.53. The molecular weight excluding hydrogens is 360 g/mol. The van der Waals surface area contributed by atoms with Gasteiger partial charge in [0.15, 0.2) is 17.5 Å². The number of aryl methyl sites for hydroxylation is 1. The van der Waals surface area contributed by atoms with Crippen LogP contribution in [0.1, 0.15) is 49.1 Å². The average molecular weight is 385 g/mol. The van der Waals surface area contributed by atoms with Crippen LogP contribution in [-0.2, 0) is 19.4 Å². The maximum Gasteiger partial charge on any atom is 0.167 e. The largest absolute Gasteiger partial charge is 0.365 e. The van der Waals surface area contributed by atoms with Crippen molar-refractivity contribution in [1.82, 2.24) is 15.1 Å². The van der Waals surface area contributed by atoms with Crippen LogP contribution in [0.25, 0.3) is 0 Å². The fourth-order valence-corrected chi connectivity index (χ4v) is 3.72.